The molecule has 0 bridgehead atoms. The average molecular weight is 283 g/mol. The third-order valence-corrected chi connectivity index (χ3v) is 3.28. The SMILES string of the molecule is COc1ccc(-c2ccc(C(O)CCN=[N+]=[N-])cc2)cc1. The molecule has 0 spiro atoms. The number of nitrogens with zero attached hydrogens (tertiary/aromatic N) is 3. The summed E-state index contributed by atoms with van der Waals surface area (Å²) in [6.07, 6.45) is -0.188. The molecule has 1 atom stereocenters. The fourth-order valence-electron chi connectivity index (χ4n) is 2.07. The zero-order chi connectivity index (χ0) is 15.1. The lowest BCUT2D eigenvalue weighted by Gasteiger charge is -2.10. The number of hydrogen-bond donors (Lipinski definition) is 1. The Kier molecular flexibility index (Phi) is 5.21. The number of ether oxygens (including phenoxy) is 1. The van der Waals surface area contributed by atoms with Gasteiger partial charge >= 0.3 is 0 Å². The second-order valence-corrected chi connectivity index (χ2v) is 4.61. The average Bonchev–Trinajstić information content (AvgIpc) is 2.55. The van der Waals surface area contributed by atoms with E-state index in [9.17, 15) is 5.11 Å². The molecular weight excluding hydrogens is 266 g/mol. The fraction of sp³-hybridized carbons (Fsp3) is 0.250. The summed E-state index contributed by atoms with van der Waals surface area (Å²) < 4.78 is 5.13. The van der Waals surface area contributed by atoms with Crippen LogP contribution in [0.2, 0.25) is 0 Å². The van der Waals surface area contributed by atoms with E-state index in [1.807, 2.05) is 48.5 Å². The fourth-order valence-corrected chi connectivity index (χ4v) is 2.07. The van der Waals surface area contributed by atoms with Crippen LogP contribution in [0.5, 0.6) is 5.75 Å². The van der Waals surface area contributed by atoms with Crippen molar-refractivity contribution in [3.05, 3.63) is 64.5 Å². The Morgan fingerprint density at radius 1 is 1.10 bits per heavy atom. The number of benzene rings is 2. The van der Waals surface area contributed by atoms with Gasteiger partial charge in [-0.15, -0.1) is 0 Å². The molecule has 0 amide bonds. The van der Waals surface area contributed by atoms with E-state index in [-0.39, 0.29) is 6.54 Å². The highest BCUT2D eigenvalue weighted by atomic mass is 16.5. The molecule has 0 aliphatic carbocycles. The first-order valence-electron chi connectivity index (χ1n) is 6.68. The van der Waals surface area contributed by atoms with Gasteiger partial charge in [0.2, 0.25) is 0 Å². The van der Waals surface area contributed by atoms with Crippen LogP contribution in [0.3, 0.4) is 0 Å². The molecule has 0 fully saturated rings. The molecule has 2 rings (SSSR count). The minimum absolute atomic E-state index is 0.290. The Morgan fingerprint density at radius 3 is 2.19 bits per heavy atom. The third kappa shape index (κ3) is 3.99. The summed E-state index contributed by atoms with van der Waals surface area (Å²) in [6, 6.07) is 15.5. The molecule has 5 heteroatoms. The topological polar surface area (TPSA) is 78.2 Å². The van der Waals surface area contributed by atoms with Crippen molar-refractivity contribution in [2.45, 2.75) is 12.5 Å². The van der Waals surface area contributed by atoms with Crippen molar-refractivity contribution < 1.29 is 9.84 Å². The molecule has 1 unspecified atom stereocenters. The number of aliphatic hydroxyl groups excluding tert-OH is 1. The minimum Gasteiger partial charge on any atom is -0.497 e. The number of azide groups is 1. The summed E-state index contributed by atoms with van der Waals surface area (Å²) in [5, 5.41) is 13.4. The van der Waals surface area contributed by atoms with E-state index in [4.69, 9.17) is 10.3 Å². The lowest BCUT2D eigenvalue weighted by Crippen LogP contribution is -1.98. The van der Waals surface area contributed by atoms with Crippen LogP contribution in [0.15, 0.2) is 53.6 Å². The predicted molar refractivity (Wildman–Crippen MR) is 82.0 cm³/mol. The molecule has 0 radical (unpaired) electrons. The highest BCUT2D eigenvalue weighted by molar-refractivity contribution is 5.64. The van der Waals surface area contributed by atoms with Crippen LogP contribution in [0.1, 0.15) is 18.1 Å². The summed E-state index contributed by atoms with van der Waals surface area (Å²) in [5.74, 6) is 0.823. The monoisotopic (exact) mass is 283 g/mol. The van der Waals surface area contributed by atoms with Crippen molar-refractivity contribution in [1.29, 1.82) is 0 Å². The van der Waals surface area contributed by atoms with E-state index >= 15 is 0 Å². The number of rotatable bonds is 6. The van der Waals surface area contributed by atoms with Gasteiger partial charge in [-0.1, -0.05) is 41.5 Å². The molecule has 0 aromatic heterocycles. The zero-order valence-electron chi connectivity index (χ0n) is 11.8. The molecule has 108 valence electrons. The first kappa shape index (κ1) is 14.9. The predicted octanol–water partition coefficient (Wildman–Crippen LogP) is 4.10. The van der Waals surface area contributed by atoms with Gasteiger partial charge in [0, 0.05) is 11.5 Å². The Balaban J connectivity index is 2.08. The van der Waals surface area contributed by atoms with Gasteiger partial charge in [-0.05, 0) is 40.8 Å². The van der Waals surface area contributed by atoms with Crippen molar-refractivity contribution in [2.24, 2.45) is 5.11 Å². The highest BCUT2D eigenvalue weighted by Crippen LogP contribution is 2.25. The standard InChI is InChI=1S/C16H17N3O2/c1-21-15-8-6-13(7-9-15)12-2-4-14(5-3-12)16(20)10-11-18-19-17/h2-9,16,20H,10-11H2,1H3. The van der Waals surface area contributed by atoms with E-state index in [1.54, 1.807) is 7.11 Å². The molecule has 1 N–H and O–H groups in total. The molecule has 0 saturated carbocycles. The molecule has 5 nitrogen and oxygen atoms in total. The first-order valence-corrected chi connectivity index (χ1v) is 6.68. The van der Waals surface area contributed by atoms with Gasteiger partial charge in [0.15, 0.2) is 0 Å². The van der Waals surface area contributed by atoms with Gasteiger partial charge in [0.05, 0.1) is 13.2 Å². The molecular formula is C16H17N3O2. The molecule has 21 heavy (non-hydrogen) atoms. The Labute approximate surface area is 123 Å². The van der Waals surface area contributed by atoms with Crippen molar-refractivity contribution in [3.8, 4) is 16.9 Å². The quantitative estimate of drug-likeness (QED) is 0.492. The summed E-state index contributed by atoms with van der Waals surface area (Å²) >= 11 is 0. The normalized spacial score (nSPS) is 11.5. The van der Waals surface area contributed by atoms with Crippen molar-refractivity contribution >= 4 is 0 Å². The lowest BCUT2D eigenvalue weighted by molar-refractivity contribution is 0.170. The number of aliphatic hydroxyl groups is 1. The third-order valence-electron chi connectivity index (χ3n) is 3.28. The molecule has 0 aliphatic rings. The van der Waals surface area contributed by atoms with Crippen LogP contribution in [-0.2, 0) is 0 Å². The molecule has 2 aromatic rings. The van der Waals surface area contributed by atoms with Gasteiger partial charge in [0.25, 0.3) is 0 Å². The van der Waals surface area contributed by atoms with Crippen LogP contribution in [0, 0.1) is 0 Å². The minimum atomic E-state index is -0.611. The maximum atomic E-state index is 9.98. The lowest BCUT2D eigenvalue weighted by atomic mass is 10.0. The summed E-state index contributed by atoms with van der Waals surface area (Å²) in [5.41, 5.74) is 11.2. The zero-order valence-corrected chi connectivity index (χ0v) is 11.8. The second-order valence-electron chi connectivity index (χ2n) is 4.61. The van der Waals surface area contributed by atoms with E-state index in [2.05, 4.69) is 10.0 Å². The van der Waals surface area contributed by atoms with Crippen LogP contribution >= 0.6 is 0 Å². The van der Waals surface area contributed by atoms with Crippen LogP contribution in [0.25, 0.3) is 21.6 Å². The summed E-state index contributed by atoms with van der Waals surface area (Å²) in [7, 11) is 1.64. The van der Waals surface area contributed by atoms with Gasteiger partial charge in [-0.3, -0.25) is 0 Å². The van der Waals surface area contributed by atoms with E-state index in [1.165, 1.54) is 0 Å². The van der Waals surface area contributed by atoms with E-state index < -0.39 is 6.10 Å². The summed E-state index contributed by atoms with van der Waals surface area (Å²) in [6.45, 7) is 0.290. The van der Waals surface area contributed by atoms with Crippen molar-refractivity contribution in [3.63, 3.8) is 0 Å². The Morgan fingerprint density at radius 2 is 1.67 bits per heavy atom. The van der Waals surface area contributed by atoms with E-state index in [0.29, 0.717) is 6.42 Å². The molecule has 0 heterocycles. The molecule has 0 aliphatic heterocycles. The van der Waals surface area contributed by atoms with Crippen molar-refractivity contribution in [1.82, 2.24) is 0 Å². The maximum absolute atomic E-state index is 9.98. The summed E-state index contributed by atoms with van der Waals surface area (Å²) in [4.78, 5) is 2.67. The highest BCUT2D eigenvalue weighted by Gasteiger charge is 2.07. The second kappa shape index (κ2) is 7.33. The Hall–Kier alpha value is -2.49. The van der Waals surface area contributed by atoms with Gasteiger partial charge in [-0.25, -0.2) is 0 Å². The van der Waals surface area contributed by atoms with Gasteiger partial charge in [-0.2, -0.15) is 0 Å². The van der Waals surface area contributed by atoms with E-state index in [0.717, 1.165) is 22.4 Å². The largest absolute Gasteiger partial charge is 0.497 e. The van der Waals surface area contributed by atoms with Crippen molar-refractivity contribution in [2.75, 3.05) is 13.7 Å². The first-order chi connectivity index (χ1) is 10.2. The smallest absolute Gasteiger partial charge is 0.118 e. The Bertz CT molecular complexity index is 617. The van der Waals surface area contributed by atoms with Gasteiger partial charge < -0.3 is 9.84 Å². The van der Waals surface area contributed by atoms with Gasteiger partial charge in [0.1, 0.15) is 5.75 Å². The van der Waals surface area contributed by atoms with Crippen LogP contribution < -0.4 is 4.74 Å². The molecule has 2 aromatic carbocycles. The van der Waals surface area contributed by atoms with Crippen LogP contribution in [0.4, 0.5) is 0 Å². The number of hydrogen-bond acceptors (Lipinski definition) is 3. The number of methoxy groups -OCH3 is 1. The molecule has 0 saturated heterocycles. The van der Waals surface area contributed by atoms with Crippen LogP contribution in [-0.4, -0.2) is 18.8 Å². The maximum Gasteiger partial charge on any atom is 0.118 e.